The SMILES string of the molecule is CCNS(=O)(=O)c1cccc(C(=O)Nc2ccc3nc(C)sc3c2)c1. The second kappa shape index (κ2) is 6.91. The Hall–Kier alpha value is -2.29. The summed E-state index contributed by atoms with van der Waals surface area (Å²) in [5.74, 6) is -0.367. The first kappa shape index (κ1) is 17.5. The molecule has 0 aliphatic heterocycles. The summed E-state index contributed by atoms with van der Waals surface area (Å²) < 4.78 is 27.5. The standard InChI is InChI=1S/C17H17N3O3S2/c1-3-18-25(22,23)14-6-4-5-12(9-14)17(21)20-13-7-8-15-16(10-13)24-11(2)19-15/h4-10,18H,3H2,1-2H3,(H,20,21). The molecule has 3 aromatic rings. The first-order valence-corrected chi connectivity index (χ1v) is 9.97. The Bertz CT molecular complexity index is 1040. The van der Waals surface area contributed by atoms with Crippen molar-refractivity contribution in [3.8, 4) is 0 Å². The molecule has 1 aromatic heterocycles. The number of aryl methyl sites for hydroxylation is 1. The van der Waals surface area contributed by atoms with Crippen molar-refractivity contribution >= 4 is 43.2 Å². The first-order chi connectivity index (χ1) is 11.9. The van der Waals surface area contributed by atoms with E-state index in [1.54, 1.807) is 36.5 Å². The van der Waals surface area contributed by atoms with Crippen LogP contribution in [0.1, 0.15) is 22.3 Å². The van der Waals surface area contributed by atoms with Crippen LogP contribution < -0.4 is 10.0 Å². The number of rotatable bonds is 5. The molecule has 0 aliphatic carbocycles. The molecule has 0 unspecified atom stereocenters. The molecule has 1 amide bonds. The van der Waals surface area contributed by atoms with Crippen molar-refractivity contribution in [2.24, 2.45) is 0 Å². The lowest BCUT2D eigenvalue weighted by Gasteiger charge is -2.08. The number of hydrogen-bond acceptors (Lipinski definition) is 5. The minimum Gasteiger partial charge on any atom is -0.322 e. The highest BCUT2D eigenvalue weighted by Crippen LogP contribution is 2.25. The van der Waals surface area contributed by atoms with Gasteiger partial charge in [-0.05, 0) is 43.3 Å². The fourth-order valence-corrected chi connectivity index (χ4v) is 4.35. The van der Waals surface area contributed by atoms with Crippen LogP contribution in [0.15, 0.2) is 47.4 Å². The van der Waals surface area contributed by atoms with Gasteiger partial charge in [-0.3, -0.25) is 4.79 Å². The van der Waals surface area contributed by atoms with Gasteiger partial charge in [-0.25, -0.2) is 18.1 Å². The second-order valence-corrected chi connectivity index (χ2v) is 8.40. The maximum atomic E-state index is 12.5. The molecule has 0 saturated heterocycles. The maximum absolute atomic E-state index is 12.5. The summed E-state index contributed by atoms with van der Waals surface area (Å²) in [5.41, 5.74) is 1.81. The molecule has 8 heteroatoms. The van der Waals surface area contributed by atoms with Crippen LogP contribution in [-0.4, -0.2) is 25.9 Å². The zero-order chi connectivity index (χ0) is 18.0. The average Bonchev–Trinajstić information content (AvgIpc) is 2.94. The van der Waals surface area contributed by atoms with Crippen LogP contribution >= 0.6 is 11.3 Å². The van der Waals surface area contributed by atoms with Crippen molar-refractivity contribution in [1.29, 1.82) is 0 Å². The van der Waals surface area contributed by atoms with Crippen LogP contribution in [0.2, 0.25) is 0 Å². The minimum absolute atomic E-state index is 0.0653. The van der Waals surface area contributed by atoms with E-state index in [-0.39, 0.29) is 22.9 Å². The molecular formula is C17H17N3O3S2. The van der Waals surface area contributed by atoms with E-state index in [0.717, 1.165) is 15.2 Å². The van der Waals surface area contributed by atoms with E-state index in [1.807, 2.05) is 19.1 Å². The lowest BCUT2D eigenvalue weighted by Crippen LogP contribution is -2.23. The molecule has 25 heavy (non-hydrogen) atoms. The molecule has 0 aliphatic rings. The summed E-state index contributed by atoms with van der Waals surface area (Å²) >= 11 is 1.55. The van der Waals surface area contributed by atoms with Gasteiger partial charge in [0.25, 0.3) is 5.91 Å². The van der Waals surface area contributed by atoms with Gasteiger partial charge in [0.2, 0.25) is 10.0 Å². The Kier molecular flexibility index (Phi) is 4.85. The first-order valence-electron chi connectivity index (χ1n) is 7.67. The molecule has 0 atom stereocenters. The van der Waals surface area contributed by atoms with E-state index < -0.39 is 10.0 Å². The summed E-state index contributed by atoms with van der Waals surface area (Å²) in [4.78, 5) is 16.9. The predicted molar refractivity (Wildman–Crippen MR) is 99.6 cm³/mol. The monoisotopic (exact) mass is 375 g/mol. The van der Waals surface area contributed by atoms with Crippen LogP contribution in [0.25, 0.3) is 10.2 Å². The van der Waals surface area contributed by atoms with Gasteiger partial charge < -0.3 is 5.32 Å². The van der Waals surface area contributed by atoms with E-state index in [4.69, 9.17) is 0 Å². The molecular weight excluding hydrogens is 358 g/mol. The van der Waals surface area contributed by atoms with Gasteiger partial charge in [-0.2, -0.15) is 0 Å². The smallest absolute Gasteiger partial charge is 0.255 e. The lowest BCUT2D eigenvalue weighted by atomic mass is 10.2. The molecule has 0 radical (unpaired) electrons. The number of carbonyl (C=O) groups excluding carboxylic acids is 1. The van der Waals surface area contributed by atoms with Crippen molar-refractivity contribution in [3.05, 3.63) is 53.0 Å². The molecule has 0 fully saturated rings. The highest BCUT2D eigenvalue weighted by molar-refractivity contribution is 7.89. The normalized spacial score (nSPS) is 11.6. The van der Waals surface area contributed by atoms with Gasteiger partial charge in [0.1, 0.15) is 0 Å². The van der Waals surface area contributed by atoms with Crippen LogP contribution in [0, 0.1) is 6.92 Å². The Morgan fingerprint density at radius 3 is 2.76 bits per heavy atom. The van der Waals surface area contributed by atoms with Crippen molar-refractivity contribution in [3.63, 3.8) is 0 Å². The van der Waals surface area contributed by atoms with Crippen LogP contribution in [0.4, 0.5) is 5.69 Å². The van der Waals surface area contributed by atoms with Crippen molar-refractivity contribution in [2.75, 3.05) is 11.9 Å². The van der Waals surface area contributed by atoms with Gasteiger partial charge in [-0.1, -0.05) is 13.0 Å². The van der Waals surface area contributed by atoms with E-state index in [2.05, 4.69) is 15.0 Å². The number of benzene rings is 2. The van der Waals surface area contributed by atoms with Gasteiger partial charge in [0.15, 0.2) is 0 Å². The maximum Gasteiger partial charge on any atom is 0.255 e. The Morgan fingerprint density at radius 2 is 2.00 bits per heavy atom. The van der Waals surface area contributed by atoms with Gasteiger partial charge in [0, 0.05) is 17.8 Å². The fraction of sp³-hybridized carbons (Fsp3) is 0.176. The van der Waals surface area contributed by atoms with Gasteiger partial charge in [-0.15, -0.1) is 11.3 Å². The number of carbonyl (C=O) groups is 1. The highest BCUT2D eigenvalue weighted by Gasteiger charge is 2.15. The number of thiazole rings is 1. The molecule has 6 nitrogen and oxygen atoms in total. The number of hydrogen-bond donors (Lipinski definition) is 2. The average molecular weight is 375 g/mol. The molecule has 2 aromatic carbocycles. The fourth-order valence-electron chi connectivity index (χ4n) is 2.40. The summed E-state index contributed by atoms with van der Waals surface area (Å²) in [7, 11) is -3.60. The topological polar surface area (TPSA) is 88.2 Å². The van der Waals surface area contributed by atoms with Crippen molar-refractivity contribution < 1.29 is 13.2 Å². The number of fused-ring (bicyclic) bond motifs is 1. The third-order valence-corrected chi connectivity index (χ3v) is 5.97. The Labute approximate surface area is 150 Å². The van der Waals surface area contributed by atoms with Gasteiger partial charge >= 0.3 is 0 Å². The van der Waals surface area contributed by atoms with Crippen molar-refractivity contribution in [2.45, 2.75) is 18.7 Å². The lowest BCUT2D eigenvalue weighted by molar-refractivity contribution is 0.102. The summed E-state index contributed by atoms with van der Waals surface area (Å²) in [6, 6.07) is 11.4. The molecule has 130 valence electrons. The number of nitrogens with one attached hydrogen (secondary N) is 2. The Balaban J connectivity index is 1.85. The number of aromatic nitrogens is 1. The van der Waals surface area contributed by atoms with Crippen molar-refractivity contribution in [1.82, 2.24) is 9.71 Å². The molecule has 0 bridgehead atoms. The predicted octanol–water partition coefficient (Wildman–Crippen LogP) is 3.16. The van der Waals surface area contributed by atoms with Crippen LogP contribution in [0.3, 0.4) is 0 Å². The number of sulfonamides is 1. The molecule has 0 spiro atoms. The molecule has 0 saturated carbocycles. The Morgan fingerprint density at radius 1 is 1.20 bits per heavy atom. The van der Waals surface area contributed by atoms with Gasteiger partial charge in [0.05, 0.1) is 20.1 Å². The summed E-state index contributed by atoms with van der Waals surface area (Å²) in [5, 5.41) is 3.75. The number of nitrogens with zero attached hydrogens (tertiary/aromatic N) is 1. The van der Waals surface area contributed by atoms with Crippen LogP contribution in [-0.2, 0) is 10.0 Å². The van der Waals surface area contributed by atoms with Crippen LogP contribution in [0.5, 0.6) is 0 Å². The third kappa shape index (κ3) is 3.87. The summed E-state index contributed by atoms with van der Waals surface area (Å²) in [6.45, 7) is 3.91. The van der Waals surface area contributed by atoms with E-state index in [1.165, 1.54) is 12.1 Å². The largest absolute Gasteiger partial charge is 0.322 e. The zero-order valence-corrected chi connectivity index (χ0v) is 15.4. The summed E-state index contributed by atoms with van der Waals surface area (Å²) in [6.07, 6.45) is 0. The molecule has 1 heterocycles. The quantitative estimate of drug-likeness (QED) is 0.717. The number of anilines is 1. The molecule has 3 rings (SSSR count). The molecule has 2 N–H and O–H groups in total. The van der Waals surface area contributed by atoms with E-state index in [0.29, 0.717) is 5.69 Å². The minimum atomic E-state index is -3.60. The van der Waals surface area contributed by atoms with E-state index >= 15 is 0 Å². The number of amides is 1. The highest BCUT2D eigenvalue weighted by atomic mass is 32.2. The third-order valence-electron chi connectivity index (χ3n) is 3.49. The zero-order valence-electron chi connectivity index (χ0n) is 13.7. The second-order valence-electron chi connectivity index (χ2n) is 5.40. The van der Waals surface area contributed by atoms with E-state index in [9.17, 15) is 13.2 Å².